The summed E-state index contributed by atoms with van der Waals surface area (Å²) in [6.45, 7) is 4.80. The van der Waals surface area contributed by atoms with Crippen LogP contribution in [-0.4, -0.2) is 48.3 Å². The van der Waals surface area contributed by atoms with Gasteiger partial charge in [-0.15, -0.1) is 0 Å². The van der Waals surface area contributed by atoms with Gasteiger partial charge in [-0.2, -0.15) is 0 Å². The van der Waals surface area contributed by atoms with Gasteiger partial charge in [-0.25, -0.2) is 0 Å². The predicted octanol–water partition coefficient (Wildman–Crippen LogP) is 2.04. The van der Waals surface area contributed by atoms with E-state index in [1.165, 1.54) is 5.56 Å². The van der Waals surface area contributed by atoms with E-state index in [0.29, 0.717) is 13.2 Å². The molecule has 110 valence electrons. The number of hydrogen-bond acceptors (Lipinski definition) is 3. The first-order chi connectivity index (χ1) is 9.72. The molecule has 2 rings (SSSR count). The van der Waals surface area contributed by atoms with Gasteiger partial charge in [0, 0.05) is 12.6 Å². The van der Waals surface area contributed by atoms with Gasteiger partial charge in [-0.1, -0.05) is 37.3 Å². The molecule has 2 atom stereocenters. The van der Waals surface area contributed by atoms with Crippen molar-refractivity contribution in [2.45, 2.75) is 25.8 Å². The lowest BCUT2D eigenvalue weighted by Gasteiger charge is -2.30. The molecule has 0 spiro atoms. The fourth-order valence-corrected chi connectivity index (χ4v) is 2.79. The van der Waals surface area contributed by atoms with Crippen molar-refractivity contribution in [2.24, 2.45) is 5.92 Å². The molecule has 1 heterocycles. The van der Waals surface area contributed by atoms with E-state index >= 15 is 0 Å². The van der Waals surface area contributed by atoms with Crippen LogP contribution in [0.2, 0.25) is 0 Å². The largest absolute Gasteiger partial charge is 0.481 e. The van der Waals surface area contributed by atoms with Crippen molar-refractivity contribution in [1.29, 1.82) is 0 Å². The van der Waals surface area contributed by atoms with E-state index in [2.05, 4.69) is 24.0 Å². The van der Waals surface area contributed by atoms with Crippen LogP contribution in [0.3, 0.4) is 0 Å². The van der Waals surface area contributed by atoms with Crippen molar-refractivity contribution >= 4 is 5.97 Å². The summed E-state index contributed by atoms with van der Waals surface area (Å²) in [5.74, 6) is -1.13. The molecule has 1 N–H and O–H groups in total. The lowest BCUT2D eigenvalue weighted by Crippen LogP contribution is -2.44. The van der Waals surface area contributed by atoms with E-state index in [0.717, 1.165) is 25.9 Å². The van der Waals surface area contributed by atoms with Crippen LogP contribution < -0.4 is 0 Å². The number of benzene rings is 1. The van der Waals surface area contributed by atoms with Crippen molar-refractivity contribution in [3.63, 3.8) is 0 Å². The Morgan fingerprint density at radius 2 is 2.05 bits per heavy atom. The monoisotopic (exact) mass is 277 g/mol. The molecule has 0 saturated carbocycles. The molecule has 20 heavy (non-hydrogen) atoms. The number of aliphatic carboxylic acids is 1. The minimum Gasteiger partial charge on any atom is -0.481 e. The number of rotatable bonds is 7. The van der Waals surface area contributed by atoms with Gasteiger partial charge in [0.05, 0.1) is 19.1 Å². The van der Waals surface area contributed by atoms with Crippen LogP contribution in [0.5, 0.6) is 0 Å². The summed E-state index contributed by atoms with van der Waals surface area (Å²) in [7, 11) is 0. The summed E-state index contributed by atoms with van der Waals surface area (Å²) in [4.78, 5) is 13.6. The van der Waals surface area contributed by atoms with E-state index in [9.17, 15) is 9.90 Å². The van der Waals surface area contributed by atoms with Gasteiger partial charge >= 0.3 is 5.97 Å². The molecule has 0 aromatic heterocycles. The molecule has 1 aliphatic heterocycles. The summed E-state index contributed by atoms with van der Waals surface area (Å²) in [5.41, 5.74) is 1.29. The Hall–Kier alpha value is -1.39. The number of nitrogens with zero attached hydrogens (tertiary/aromatic N) is 1. The zero-order valence-electron chi connectivity index (χ0n) is 12.0. The van der Waals surface area contributed by atoms with Gasteiger partial charge in [0.15, 0.2) is 0 Å². The van der Waals surface area contributed by atoms with E-state index in [1.807, 2.05) is 18.2 Å². The molecule has 1 aromatic rings. The van der Waals surface area contributed by atoms with Crippen LogP contribution in [-0.2, 0) is 16.0 Å². The second-order valence-electron chi connectivity index (χ2n) is 5.32. The van der Waals surface area contributed by atoms with Gasteiger partial charge < -0.3 is 9.84 Å². The molecular weight excluding hydrogens is 254 g/mol. The third-order valence-electron chi connectivity index (χ3n) is 3.88. The molecule has 0 bridgehead atoms. The van der Waals surface area contributed by atoms with E-state index < -0.39 is 11.9 Å². The number of carboxylic acid groups (broad SMARTS) is 1. The summed E-state index contributed by atoms with van der Waals surface area (Å²) in [5, 5.41) is 9.28. The molecule has 1 aromatic carbocycles. The zero-order valence-corrected chi connectivity index (χ0v) is 12.0. The molecule has 2 unspecified atom stereocenters. The predicted molar refractivity (Wildman–Crippen MR) is 77.7 cm³/mol. The Balaban J connectivity index is 1.97. The molecule has 1 saturated heterocycles. The molecular formula is C16H23NO3. The highest BCUT2D eigenvalue weighted by atomic mass is 16.5. The summed E-state index contributed by atoms with van der Waals surface area (Å²) < 4.78 is 5.39. The van der Waals surface area contributed by atoms with Gasteiger partial charge in [0.2, 0.25) is 0 Å². The maximum atomic E-state index is 11.3. The average molecular weight is 277 g/mol. The average Bonchev–Trinajstić information content (AvgIpc) is 2.94. The third-order valence-corrected chi connectivity index (χ3v) is 3.88. The Morgan fingerprint density at radius 1 is 1.30 bits per heavy atom. The summed E-state index contributed by atoms with van der Waals surface area (Å²) in [6.07, 6.45) is 1.97. The Morgan fingerprint density at radius 3 is 2.70 bits per heavy atom. The number of carbonyl (C=O) groups is 1. The maximum absolute atomic E-state index is 11.3. The Labute approximate surface area is 120 Å². The normalized spacial score (nSPS) is 22.3. The van der Waals surface area contributed by atoms with E-state index in [-0.39, 0.29) is 6.04 Å². The minimum atomic E-state index is -0.742. The third kappa shape index (κ3) is 3.81. The number of hydrogen-bond donors (Lipinski definition) is 1. The minimum absolute atomic E-state index is 0.0103. The van der Waals surface area contributed by atoms with Crippen LogP contribution in [0.15, 0.2) is 30.3 Å². The van der Waals surface area contributed by atoms with Crippen molar-refractivity contribution < 1.29 is 14.6 Å². The molecule has 4 nitrogen and oxygen atoms in total. The molecule has 0 radical (unpaired) electrons. The lowest BCUT2D eigenvalue weighted by atomic mass is 10.0. The Bertz CT molecular complexity index is 421. The fourth-order valence-electron chi connectivity index (χ4n) is 2.79. The molecule has 1 fully saturated rings. The zero-order chi connectivity index (χ0) is 14.4. The summed E-state index contributed by atoms with van der Waals surface area (Å²) >= 11 is 0. The quantitative estimate of drug-likeness (QED) is 0.828. The second kappa shape index (κ2) is 7.41. The van der Waals surface area contributed by atoms with Gasteiger partial charge in [0.25, 0.3) is 0 Å². The molecule has 0 aliphatic carbocycles. The van der Waals surface area contributed by atoms with E-state index in [1.54, 1.807) is 0 Å². The van der Waals surface area contributed by atoms with Crippen LogP contribution in [0.25, 0.3) is 0 Å². The molecule has 0 amide bonds. The Kier molecular flexibility index (Phi) is 5.56. The first kappa shape index (κ1) is 15.0. The SMILES string of the molecule is CCCN(CCc1ccccc1)C1COCC1C(=O)O. The van der Waals surface area contributed by atoms with Crippen molar-refractivity contribution in [1.82, 2.24) is 4.90 Å². The fraction of sp³-hybridized carbons (Fsp3) is 0.562. The maximum Gasteiger partial charge on any atom is 0.310 e. The van der Waals surface area contributed by atoms with Crippen molar-refractivity contribution in [2.75, 3.05) is 26.3 Å². The first-order valence-electron chi connectivity index (χ1n) is 7.31. The van der Waals surface area contributed by atoms with Crippen molar-refractivity contribution in [3.05, 3.63) is 35.9 Å². The summed E-state index contributed by atoms with van der Waals surface area (Å²) in [6, 6.07) is 10.3. The number of ether oxygens (including phenoxy) is 1. The van der Waals surface area contributed by atoms with Crippen LogP contribution in [0, 0.1) is 5.92 Å². The second-order valence-corrected chi connectivity index (χ2v) is 5.32. The highest BCUT2D eigenvalue weighted by Crippen LogP contribution is 2.21. The topological polar surface area (TPSA) is 49.8 Å². The number of carboxylic acids is 1. The van der Waals surface area contributed by atoms with Crippen LogP contribution in [0.4, 0.5) is 0 Å². The van der Waals surface area contributed by atoms with Crippen LogP contribution in [0.1, 0.15) is 18.9 Å². The standard InChI is InChI=1S/C16H23NO3/c1-2-9-17(10-8-13-6-4-3-5-7-13)15-12-20-11-14(15)16(18)19/h3-7,14-15H,2,8-12H2,1H3,(H,18,19). The molecule has 4 heteroatoms. The van der Waals surface area contributed by atoms with Crippen molar-refractivity contribution in [3.8, 4) is 0 Å². The van der Waals surface area contributed by atoms with E-state index in [4.69, 9.17) is 4.74 Å². The van der Waals surface area contributed by atoms with Gasteiger partial charge in [0.1, 0.15) is 0 Å². The van der Waals surface area contributed by atoms with Gasteiger partial charge in [-0.05, 0) is 24.9 Å². The van der Waals surface area contributed by atoms with Crippen LogP contribution >= 0.6 is 0 Å². The highest BCUT2D eigenvalue weighted by molar-refractivity contribution is 5.71. The lowest BCUT2D eigenvalue weighted by molar-refractivity contribution is -0.143. The smallest absolute Gasteiger partial charge is 0.310 e. The molecule has 1 aliphatic rings. The first-order valence-corrected chi connectivity index (χ1v) is 7.31. The highest BCUT2D eigenvalue weighted by Gasteiger charge is 2.37. The van der Waals surface area contributed by atoms with Gasteiger partial charge in [-0.3, -0.25) is 9.69 Å².